The Morgan fingerprint density at radius 1 is 1.62 bits per heavy atom. The van der Waals surface area contributed by atoms with Gasteiger partial charge in [0.15, 0.2) is 0 Å². The fraction of sp³-hybridized carbons (Fsp3) is 0.417. The Labute approximate surface area is 99.9 Å². The number of nitriles is 1. The van der Waals surface area contributed by atoms with Crippen LogP contribution < -0.4 is 0 Å². The van der Waals surface area contributed by atoms with Crippen molar-refractivity contribution in [1.29, 1.82) is 5.26 Å². The smallest absolute Gasteiger partial charge is 0.140 e. The van der Waals surface area contributed by atoms with Gasteiger partial charge in [-0.1, -0.05) is 13.0 Å². The van der Waals surface area contributed by atoms with Crippen LogP contribution in [0.5, 0.6) is 0 Å². The van der Waals surface area contributed by atoms with Gasteiger partial charge in [0, 0.05) is 17.9 Å². The van der Waals surface area contributed by atoms with E-state index in [2.05, 4.69) is 11.9 Å². The molecule has 0 N–H and O–H groups in total. The molecule has 0 aliphatic rings. The fourth-order valence-electron chi connectivity index (χ4n) is 1.40. The van der Waals surface area contributed by atoms with E-state index in [-0.39, 0.29) is 11.0 Å². The Bertz CT molecular complexity index is 394. The normalized spacial score (nSPS) is 11.8. The highest BCUT2D eigenvalue weighted by Crippen LogP contribution is 2.31. The molecular formula is C12H14N2OS. The van der Waals surface area contributed by atoms with E-state index in [0.29, 0.717) is 12.1 Å². The van der Waals surface area contributed by atoms with Crippen molar-refractivity contribution in [3.8, 4) is 6.07 Å². The summed E-state index contributed by atoms with van der Waals surface area (Å²) in [6.45, 7) is 3.66. The number of carbonyl (C=O) groups excluding carboxylic acids is 1. The van der Waals surface area contributed by atoms with Gasteiger partial charge in [0.1, 0.15) is 17.5 Å². The zero-order valence-electron chi connectivity index (χ0n) is 9.43. The molecule has 1 atom stereocenters. The molecule has 0 radical (unpaired) electrons. The van der Waals surface area contributed by atoms with Crippen LogP contribution in [0.2, 0.25) is 0 Å². The third kappa shape index (κ3) is 3.67. The summed E-state index contributed by atoms with van der Waals surface area (Å²) in [5.41, 5.74) is 1.42. The average Bonchev–Trinajstić information content (AvgIpc) is 2.28. The quantitative estimate of drug-likeness (QED) is 0.786. The Kier molecular flexibility index (Phi) is 5.00. The number of Topliss-reactive ketones (excluding diaryl/α,β-unsaturated/α-hetero) is 1. The molecule has 3 nitrogen and oxygen atoms in total. The molecule has 4 heteroatoms. The van der Waals surface area contributed by atoms with Crippen molar-refractivity contribution in [3.63, 3.8) is 0 Å². The second-order valence-corrected chi connectivity index (χ2v) is 4.92. The van der Waals surface area contributed by atoms with E-state index in [4.69, 9.17) is 5.26 Å². The van der Waals surface area contributed by atoms with Crippen LogP contribution in [0.4, 0.5) is 0 Å². The second kappa shape index (κ2) is 6.29. The number of aromatic nitrogens is 1. The summed E-state index contributed by atoms with van der Waals surface area (Å²) in [4.78, 5) is 15.2. The lowest BCUT2D eigenvalue weighted by molar-refractivity contribution is -0.117. The zero-order chi connectivity index (χ0) is 12.0. The van der Waals surface area contributed by atoms with E-state index in [1.54, 1.807) is 30.9 Å². The van der Waals surface area contributed by atoms with Crippen LogP contribution in [0.15, 0.2) is 18.3 Å². The monoisotopic (exact) mass is 234 g/mol. The molecular weight excluding hydrogens is 220 g/mol. The first-order valence-electron chi connectivity index (χ1n) is 5.14. The Morgan fingerprint density at radius 2 is 2.38 bits per heavy atom. The van der Waals surface area contributed by atoms with Crippen molar-refractivity contribution >= 4 is 17.5 Å². The Balaban J connectivity index is 2.84. The van der Waals surface area contributed by atoms with Gasteiger partial charge >= 0.3 is 0 Å². The minimum Gasteiger partial charge on any atom is -0.300 e. The molecule has 16 heavy (non-hydrogen) atoms. The highest BCUT2D eigenvalue weighted by atomic mass is 32.2. The Hall–Kier alpha value is -1.34. The van der Waals surface area contributed by atoms with Crippen molar-refractivity contribution in [1.82, 2.24) is 4.98 Å². The number of nitrogens with zero attached hydrogens (tertiary/aromatic N) is 2. The van der Waals surface area contributed by atoms with Gasteiger partial charge in [0.2, 0.25) is 0 Å². The molecule has 1 rings (SSSR count). The number of pyridine rings is 1. The van der Waals surface area contributed by atoms with Crippen LogP contribution in [-0.2, 0) is 4.79 Å². The van der Waals surface area contributed by atoms with E-state index in [0.717, 1.165) is 11.3 Å². The molecule has 0 aliphatic carbocycles. The van der Waals surface area contributed by atoms with Crippen LogP contribution in [0.1, 0.15) is 36.8 Å². The van der Waals surface area contributed by atoms with Crippen LogP contribution in [0, 0.1) is 11.3 Å². The van der Waals surface area contributed by atoms with Crippen molar-refractivity contribution in [2.24, 2.45) is 0 Å². The molecule has 0 aliphatic heterocycles. The molecule has 0 bridgehead atoms. The average molecular weight is 234 g/mol. The topological polar surface area (TPSA) is 53.8 Å². The SMILES string of the molecule is CCSC(CC(C)=O)c1ccc(C#N)nc1. The standard InChI is InChI=1S/C12H14N2OS/c1-3-16-12(6-9(2)15)10-4-5-11(7-13)14-8-10/h4-5,8,12H,3,6H2,1-2H3. The number of thioether (sulfide) groups is 1. The summed E-state index contributed by atoms with van der Waals surface area (Å²) in [6, 6.07) is 5.55. The molecule has 84 valence electrons. The second-order valence-electron chi connectivity index (χ2n) is 3.44. The maximum Gasteiger partial charge on any atom is 0.140 e. The molecule has 0 aromatic carbocycles. The van der Waals surface area contributed by atoms with Gasteiger partial charge in [0.05, 0.1) is 0 Å². The predicted molar refractivity (Wildman–Crippen MR) is 65.1 cm³/mol. The summed E-state index contributed by atoms with van der Waals surface area (Å²) in [5, 5.41) is 8.80. The van der Waals surface area contributed by atoms with Gasteiger partial charge in [0.25, 0.3) is 0 Å². The molecule has 1 heterocycles. The molecule has 0 amide bonds. The maximum absolute atomic E-state index is 11.1. The van der Waals surface area contributed by atoms with E-state index in [1.807, 2.05) is 12.1 Å². The highest BCUT2D eigenvalue weighted by molar-refractivity contribution is 7.99. The summed E-state index contributed by atoms with van der Waals surface area (Å²) < 4.78 is 0. The lowest BCUT2D eigenvalue weighted by atomic mass is 10.1. The molecule has 1 aromatic heterocycles. The third-order valence-electron chi connectivity index (χ3n) is 2.11. The van der Waals surface area contributed by atoms with Crippen LogP contribution in [-0.4, -0.2) is 16.5 Å². The van der Waals surface area contributed by atoms with Crippen LogP contribution in [0.25, 0.3) is 0 Å². The first kappa shape index (κ1) is 12.7. The molecule has 1 unspecified atom stereocenters. The number of ketones is 1. The summed E-state index contributed by atoms with van der Waals surface area (Å²) >= 11 is 1.73. The first-order valence-corrected chi connectivity index (χ1v) is 6.19. The number of hydrogen-bond donors (Lipinski definition) is 0. The van der Waals surface area contributed by atoms with E-state index in [1.165, 1.54) is 0 Å². The van der Waals surface area contributed by atoms with Gasteiger partial charge in [-0.2, -0.15) is 17.0 Å². The van der Waals surface area contributed by atoms with E-state index >= 15 is 0 Å². The van der Waals surface area contributed by atoms with Gasteiger partial charge in [-0.15, -0.1) is 0 Å². The van der Waals surface area contributed by atoms with E-state index < -0.39 is 0 Å². The lowest BCUT2D eigenvalue weighted by Gasteiger charge is -2.13. The van der Waals surface area contributed by atoms with Crippen LogP contribution >= 0.6 is 11.8 Å². The molecule has 0 spiro atoms. The van der Waals surface area contributed by atoms with Crippen molar-refractivity contribution in [3.05, 3.63) is 29.6 Å². The summed E-state index contributed by atoms with van der Waals surface area (Å²) in [6.07, 6.45) is 2.21. The fourth-order valence-corrected chi connectivity index (χ4v) is 2.48. The first-order chi connectivity index (χ1) is 7.67. The predicted octanol–water partition coefficient (Wildman–Crippen LogP) is 2.73. The lowest BCUT2D eigenvalue weighted by Crippen LogP contribution is -2.02. The number of carbonyl (C=O) groups is 1. The van der Waals surface area contributed by atoms with Crippen molar-refractivity contribution in [2.75, 3.05) is 5.75 Å². The minimum absolute atomic E-state index is 0.155. The summed E-state index contributed by atoms with van der Waals surface area (Å²) in [7, 11) is 0. The summed E-state index contributed by atoms with van der Waals surface area (Å²) in [5.74, 6) is 1.13. The van der Waals surface area contributed by atoms with Gasteiger partial charge in [-0.25, -0.2) is 4.98 Å². The molecule has 0 saturated heterocycles. The minimum atomic E-state index is 0.155. The van der Waals surface area contributed by atoms with E-state index in [9.17, 15) is 4.79 Å². The van der Waals surface area contributed by atoms with Crippen LogP contribution in [0.3, 0.4) is 0 Å². The molecule has 1 aromatic rings. The highest BCUT2D eigenvalue weighted by Gasteiger charge is 2.13. The van der Waals surface area contributed by atoms with Gasteiger partial charge < -0.3 is 0 Å². The Morgan fingerprint density at radius 3 is 2.81 bits per heavy atom. The molecule has 0 saturated carbocycles. The third-order valence-corrected chi connectivity index (χ3v) is 3.29. The zero-order valence-corrected chi connectivity index (χ0v) is 10.3. The maximum atomic E-state index is 11.1. The largest absolute Gasteiger partial charge is 0.300 e. The van der Waals surface area contributed by atoms with Gasteiger partial charge in [-0.05, 0) is 24.3 Å². The number of hydrogen-bond acceptors (Lipinski definition) is 4. The van der Waals surface area contributed by atoms with Gasteiger partial charge in [-0.3, -0.25) is 4.79 Å². The van der Waals surface area contributed by atoms with Crippen molar-refractivity contribution < 1.29 is 4.79 Å². The van der Waals surface area contributed by atoms with Crippen molar-refractivity contribution in [2.45, 2.75) is 25.5 Å². The molecule has 0 fully saturated rings. The number of rotatable bonds is 5.